The molecule has 19 heavy (non-hydrogen) atoms. The zero-order valence-electron chi connectivity index (χ0n) is 9.96. The molecule has 0 spiro atoms. The fraction of sp³-hybridized carbons (Fsp3) is 0.300. The molecule has 0 saturated carbocycles. The maximum Gasteiger partial charge on any atom is 0.311 e. The van der Waals surface area contributed by atoms with Crippen LogP contribution >= 0.6 is 11.6 Å². The molecule has 2 aromatic rings. The van der Waals surface area contributed by atoms with Crippen molar-refractivity contribution in [3.63, 3.8) is 0 Å². The average Bonchev–Trinajstić information content (AvgIpc) is 2.75. The monoisotopic (exact) mass is 283 g/mol. The molecule has 0 aliphatic carbocycles. The number of aromatic nitrogens is 3. The standard InChI is InChI=1S/C10H10ClN5O3/c1-6-13-9(19-15-6)4-5-12-10-7(16(17)18)2-3-8(11)14-10/h2-3H,4-5H2,1H3,(H,12,14). The van der Waals surface area contributed by atoms with E-state index in [1.54, 1.807) is 6.92 Å². The van der Waals surface area contributed by atoms with Gasteiger partial charge >= 0.3 is 5.69 Å². The van der Waals surface area contributed by atoms with Gasteiger partial charge in [0.05, 0.1) is 4.92 Å². The minimum absolute atomic E-state index is 0.119. The summed E-state index contributed by atoms with van der Waals surface area (Å²) in [5.74, 6) is 1.12. The van der Waals surface area contributed by atoms with Crippen molar-refractivity contribution in [3.05, 3.63) is 39.1 Å². The van der Waals surface area contributed by atoms with E-state index < -0.39 is 4.92 Å². The minimum atomic E-state index is -0.525. The molecule has 8 nitrogen and oxygen atoms in total. The van der Waals surface area contributed by atoms with Crippen LogP contribution < -0.4 is 5.32 Å². The molecule has 0 bridgehead atoms. The Morgan fingerprint density at radius 3 is 2.89 bits per heavy atom. The first-order chi connectivity index (χ1) is 9.06. The number of nitrogens with one attached hydrogen (secondary N) is 1. The van der Waals surface area contributed by atoms with Gasteiger partial charge in [-0.1, -0.05) is 16.8 Å². The Bertz CT molecular complexity index is 601. The van der Waals surface area contributed by atoms with E-state index >= 15 is 0 Å². The third-order valence-electron chi connectivity index (χ3n) is 2.24. The first-order valence-corrected chi connectivity index (χ1v) is 5.78. The molecule has 100 valence electrons. The zero-order chi connectivity index (χ0) is 13.8. The molecular formula is C10H10ClN5O3. The first-order valence-electron chi connectivity index (χ1n) is 5.40. The Kier molecular flexibility index (Phi) is 3.91. The second-order valence-corrected chi connectivity index (χ2v) is 4.06. The van der Waals surface area contributed by atoms with Gasteiger partial charge in [0.1, 0.15) is 5.15 Å². The van der Waals surface area contributed by atoms with Crippen LogP contribution in [0.25, 0.3) is 0 Å². The van der Waals surface area contributed by atoms with Crippen LogP contribution in [0.2, 0.25) is 5.15 Å². The van der Waals surface area contributed by atoms with E-state index in [0.717, 1.165) is 0 Å². The SMILES string of the molecule is Cc1noc(CCNc2nc(Cl)ccc2[N+](=O)[O-])n1. The van der Waals surface area contributed by atoms with Gasteiger partial charge in [0, 0.05) is 19.0 Å². The summed E-state index contributed by atoms with van der Waals surface area (Å²) >= 11 is 5.71. The van der Waals surface area contributed by atoms with Gasteiger partial charge < -0.3 is 9.84 Å². The second kappa shape index (κ2) is 5.61. The zero-order valence-corrected chi connectivity index (χ0v) is 10.7. The summed E-state index contributed by atoms with van der Waals surface area (Å²) in [5, 5.41) is 17.5. The van der Waals surface area contributed by atoms with Gasteiger partial charge in [-0.3, -0.25) is 10.1 Å². The van der Waals surface area contributed by atoms with Crippen LogP contribution in [0.15, 0.2) is 16.7 Å². The lowest BCUT2D eigenvalue weighted by atomic mass is 10.3. The molecule has 2 heterocycles. The van der Waals surface area contributed by atoms with E-state index in [1.807, 2.05) is 0 Å². The van der Waals surface area contributed by atoms with Gasteiger partial charge in [0.25, 0.3) is 0 Å². The van der Waals surface area contributed by atoms with Crippen LogP contribution in [0.1, 0.15) is 11.7 Å². The van der Waals surface area contributed by atoms with Gasteiger partial charge in [-0.25, -0.2) is 4.98 Å². The van der Waals surface area contributed by atoms with Crippen LogP contribution in [0, 0.1) is 17.0 Å². The number of hydrogen-bond donors (Lipinski definition) is 1. The van der Waals surface area contributed by atoms with Crippen molar-refractivity contribution in [1.82, 2.24) is 15.1 Å². The molecule has 0 aliphatic heterocycles. The van der Waals surface area contributed by atoms with E-state index in [0.29, 0.717) is 24.7 Å². The highest BCUT2D eigenvalue weighted by molar-refractivity contribution is 6.29. The normalized spacial score (nSPS) is 10.4. The number of aryl methyl sites for hydroxylation is 1. The lowest BCUT2D eigenvalue weighted by Crippen LogP contribution is -2.08. The van der Waals surface area contributed by atoms with Crippen molar-refractivity contribution in [3.8, 4) is 0 Å². The molecule has 0 atom stereocenters. The van der Waals surface area contributed by atoms with Gasteiger partial charge in [-0.15, -0.1) is 0 Å². The molecule has 0 fully saturated rings. The Morgan fingerprint density at radius 2 is 2.26 bits per heavy atom. The van der Waals surface area contributed by atoms with E-state index in [9.17, 15) is 10.1 Å². The van der Waals surface area contributed by atoms with Gasteiger partial charge in [0.15, 0.2) is 5.82 Å². The van der Waals surface area contributed by atoms with Gasteiger partial charge in [-0.2, -0.15) is 4.98 Å². The maximum absolute atomic E-state index is 10.8. The fourth-order valence-corrected chi connectivity index (χ4v) is 1.58. The summed E-state index contributed by atoms with van der Waals surface area (Å²) in [4.78, 5) is 18.2. The number of halogens is 1. The van der Waals surface area contributed by atoms with E-state index in [-0.39, 0.29) is 16.7 Å². The summed E-state index contributed by atoms with van der Waals surface area (Å²) in [7, 11) is 0. The molecule has 2 rings (SSSR count). The molecule has 0 aromatic carbocycles. The van der Waals surface area contributed by atoms with Crippen LogP contribution in [-0.4, -0.2) is 26.6 Å². The van der Waals surface area contributed by atoms with E-state index in [4.69, 9.17) is 16.1 Å². The van der Waals surface area contributed by atoms with Gasteiger partial charge in [-0.05, 0) is 13.0 Å². The number of nitrogens with zero attached hydrogens (tertiary/aromatic N) is 4. The Hall–Kier alpha value is -2.22. The van der Waals surface area contributed by atoms with Crippen molar-refractivity contribution in [1.29, 1.82) is 0 Å². The number of nitro groups is 1. The summed E-state index contributed by atoms with van der Waals surface area (Å²) in [6.07, 6.45) is 0.437. The van der Waals surface area contributed by atoms with Gasteiger partial charge in [0.2, 0.25) is 11.7 Å². The summed E-state index contributed by atoms with van der Waals surface area (Å²) in [6, 6.07) is 2.67. The maximum atomic E-state index is 10.8. The van der Waals surface area contributed by atoms with Crippen LogP contribution in [-0.2, 0) is 6.42 Å². The number of pyridine rings is 1. The van der Waals surface area contributed by atoms with E-state index in [2.05, 4.69) is 20.4 Å². The quantitative estimate of drug-likeness (QED) is 0.508. The molecule has 2 aromatic heterocycles. The molecular weight excluding hydrogens is 274 g/mol. The number of rotatable bonds is 5. The Balaban J connectivity index is 2.02. The Labute approximate surface area is 112 Å². The van der Waals surface area contributed by atoms with Crippen molar-refractivity contribution in [2.75, 3.05) is 11.9 Å². The lowest BCUT2D eigenvalue weighted by molar-refractivity contribution is -0.384. The first kappa shape index (κ1) is 13.2. The minimum Gasteiger partial charge on any atom is -0.364 e. The smallest absolute Gasteiger partial charge is 0.311 e. The second-order valence-electron chi connectivity index (χ2n) is 3.67. The van der Waals surface area contributed by atoms with Crippen molar-refractivity contribution < 1.29 is 9.45 Å². The summed E-state index contributed by atoms with van der Waals surface area (Å²) in [6.45, 7) is 2.08. The molecule has 0 unspecified atom stereocenters. The molecule has 9 heteroatoms. The third kappa shape index (κ3) is 3.38. The third-order valence-corrected chi connectivity index (χ3v) is 2.45. The molecule has 0 radical (unpaired) electrons. The highest BCUT2D eigenvalue weighted by Crippen LogP contribution is 2.23. The molecule has 0 amide bonds. The van der Waals surface area contributed by atoms with Crippen LogP contribution in [0.4, 0.5) is 11.5 Å². The number of anilines is 1. The summed E-state index contributed by atoms with van der Waals surface area (Å²) < 4.78 is 4.92. The largest absolute Gasteiger partial charge is 0.364 e. The Morgan fingerprint density at radius 1 is 1.47 bits per heavy atom. The predicted molar refractivity (Wildman–Crippen MR) is 67.1 cm³/mol. The van der Waals surface area contributed by atoms with Crippen molar-refractivity contribution in [2.45, 2.75) is 13.3 Å². The van der Waals surface area contributed by atoms with Crippen LogP contribution in [0.3, 0.4) is 0 Å². The number of hydrogen-bond acceptors (Lipinski definition) is 7. The van der Waals surface area contributed by atoms with Crippen LogP contribution in [0.5, 0.6) is 0 Å². The molecule has 0 aliphatic rings. The highest BCUT2D eigenvalue weighted by Gasteiger charge is 2.15. The fourth-order valence-electron chi connectivity index (χ4n) is 1.43. The summed E-state index contributed by atoms with van der Waals surface area (Å²) in [5.41, 5.74) is -0.133. The molecule has 1 N–H and O–H groups in total. The highest BCUT2D eigenvalue weighted by atomic mass is 35.5. The van der Waals surface area contributed by atoms with Crippen molar-refractivity contribution in [2.24, 2.45) is 0 Å². The lowest BCUT2D eigenvalue weighted by Gasteiger charge is -2.04. The van der Waals surface area contributed by atoms with Crippen molar-refractivity contribution >= 4 is 23.1 Å². The molecule has 0 saturated heterocycles. The average molecular weight is 284 g/mol. The topological polar surface area (TPSA) is 107 Å². The predicted octanol–water partition coefficient (Wildman–Crippen LogP) is 1.99. The van der Waals surface area contributed by atoms with E-state index in [1.165, 1.54) is 12.1 Å².